The van der Waals surface area contributed by atoms with Crippen molar-refractivity contribution in [2.45, 2.75) is 104 Å². The molecule has 1 rings (SSSR count). The second-order valence-corrected chi connectivity index (χ2v) is 9.07. The SMILES string of the molecule is CCCCCC(C)(C)C(CO)C(Cl)=CC(CCCC)CCCC1OC1O. The Morgan fingerprint density at radius 3 is 2.27 bits per heavy atom. The van der Waals surface area contributed by atoms with Crippen molar-refractivity contribution in [2.24, 2.45) is 17.3 Å². The summed E-state index contributed by atoms with van der Waals surface area (Å²) < 4.78 is 5.09. The molecular formula is C22H41ClO3. The molecule has 0 saturated carbocycles. The predicted molar refractivity (Wildman–Crippen MR) is 110 cm³/mol. The third-order valence-corrected chi connectivity index (χ3v) is 6.22. The fraction of sp³-hybridized carbons (Fsp3) is 0.909. The first-order valence-corrected chi connectivity index (χ1v) is 11.0. The number of halogens is 1. The first-order chi connectivity index (χ1) is 12.4. The molecule has 3 nitrogen and oxygen atoms in total. The van der Waals surface area contributed by atoms with E-state index < -0.39 is 6.29 Å². The van der Waals surface area contributed by atoms with Crippen LogP contribution in [0.5, 0.6) is 0 Å². The molecule has 4 atom stereocenters. The van der Waals surface area contributed by atoms with E-state index in [1.54, 1.807) is 0 Å². The lowest BCUT2D eigenvalue weighted by Gasteiger charge is -2.34. The maximum Gasteiger partial charge on any atom is 0.181 e. The smallest absolute Gasteiger partial charge is 0.181 e. The van der Waals surface area contributed by atoms with Gasteiger partial charge in [-0.1, -0.05) is 83.9 Å². The molecule has 1 saturated heterocycles. The largest absolute Gasteiger partial charge is 0.396 e. The van der Waals surface area contributed by atoms with E-state index >= 15 is 0 Å². The molecule has 0 aromatic heterocycles. The molecule has 154 valence electrons. The van der Waals surface area contributed by atoms with Crippen molar-refractivity contribution in [1.29, 1.82) is 0 Å². The Kier molecular flexibility index (Phi) is 11.4. The number of ether oxygens (including phenoxy) is 1. The highest BCUT2D eigenvalue weighted by Crippen LogP contribution is 2.39. The van der Waals surface area contributed by atoms with Crippen LogP contribution >= 0.6 is 11.6 Å². The minimum absolute atomic E-state index is 0.0127. The predicted octanol–water partition coefficient (Wildman–Crippen LogP) is 6.02. The summed E-state index contributed by atoms with van der Waals surface area (Å²) in [6, 6.07) is 0. The number of epoxide rings is 1. The Morgan fingerprint density at radius 2 is 1.73 bits per heavy atom. The summed E-state index contributed by atoms with van der Waals surface area (Å²) in [4.78, 5) is 0. The van der Waals surface area contributed by atoms with Crippen LogP contribution in [-0.2, 0) is 4.74 Å². The van der Waals surface area contributed by atoms with Crippen LogP contribution in [0.3, 0.4) is 0 Å². The maximum atomic E-state index is 9.99. The molecule has 0 radical (unpaired) electrons. The number of rotatable bonds is 15. The normalized spacial score (nSPS) is 23.1. The third-order valence-electron chi connectivity index (χ3n) is 5.83. The number of aliphatic hydroxyl groups excluding tert-OH is 2. The van der Waals surface area contributed by atoms with Crippen LogP contribution in [0.15, 0.2) is 11.1 Å². The van der Waals surface area contributed by atoms with E-state index in [1.807, 2.05) is 0 Å². The average Bonchev–Trinajstić information content (AvgIpc) is 3.28. The van der Waals surface area contributed by atoms with Crippen LogP contribution in [0.4, 0.5) is 0 Å². The summed E-state index contributed by atoms with van der Waals surface area (Å²) in [5.41, 5.74) is 0.0127. The van der Waals surface area contributed by atoms with E-state index in [2.05, 4.69) is 33.8 Å². The zero-order valence-corrected chi connectivity index (χ0v) is 18.1. The van der Waals surface area contributed by atoms with Crippen molar-refractivity contribution < 1.29 is 14.9 Å². The molecule has 0 aromatic carbocycles. The van der Waals surface area contributed by atoms with Gasteiger partial charge in [0.2, 0.25) is 0 Å². The standard InChI is InChI=1S/C22H41ClO3/c1-5-7-9-14-22(3,4)18(16-24)19(23)15-17(11-8-6-2)12-10-13-20-21(25)26-20/h15,17-18,20-21,24-25H,5-14,16H2,1-4H3. The van der Waals surface area contributed by atoms with Crippen LogP contribution in [-0.4, -0.2) is 29.2 Å². The summed E-state index contributed by atoms with van der Waals surface area (Å²) in [5, 5.41) is 20.1. The molecule has 1 heterocycles. The fourth-order valence-corrected chi connectivity index (χ4v) is 4.30. The van der Waals surface area contributed by atoms with Gasteiger partial charge < -0.3 is 14.9 Å². The highest BCUT2D eigenvalue weighted by Gasteiger charge is 2.36. The molecular weight excluding hydrogens is 348 g/mol. The first kappa shape index (κ1) is 23.9. The molecule has 0 amide bonds. The Bertz CT molecular complexity index is 408. The Balaban J connectivity index is 2.65. The van der Waals surface area contributed by atoms with Gasteiger partial charge in [0.05, 0.1) is 6.61 Å². The van der Waals surface area contributed by atoms with E-state index in [4.69, 9.17) is 16.3 Å². The lowest BCUT2D eigenvalue weighted by molar-refractivity contribution is 0.137. The van der Waals surface area contributed by atoms with Crippen molar-refractivity contribution in [3.8, 4) is 0 Å². The summed E-state index contributed by atoms with van der Waals surface area (Å²) in [6.45, 7) is 8.99. The zero-order chi connectivity index (χ0) is 19.6. The fourth-order valence-electron chi connectivity index (χ4n) is 3.76. The second-order valence-electron chi connectivity index (χ2n) is 8.63. The van der Waals surface area contributed by atoms with Crippen LogP contribution in [0.1, 0.15) is 91.9 Å². The van der Waals surface area contributed by atoms with E-state index in [0.29, 0.717) is 5.92 Å². The number of aliphatic hydroxyl groups is 2. The second kappa shape index (κ2) is 12.4. The maximum absolute atomic E-state index is 9.99. The molecule has 0 aromatic rings. The van der Waals surface area contributed by atoms with Crippen LogP contribution in [0.25, 0.3) is 0 Å². The third kappa shape index (κ3) is 8.73. The number of hydrogen-bond donors (Lipinski definition) is 2. The van der Waals surface area contributed by atoms with Crippen LogP contribution in [0, 0.1) is 17.3 Å². The van der Waals surface area contributed by atoms with Gasteiger partial charge in [-0.25, -0.2) is 0 Å². The number of allylic oxidation sites excluding steroid dienone is 1. The minimum atomic E-state index is -0.536. The minimum Gasteiger partial charge on any atom is -0.396 e. The van der Waals surface area contributed by atoms with Gasteiger partial charge >= 0.3 is 0 Å². The van der Waals surface area contributed by atoms with E-state index in [-0.39, 0.29) is 24.0 Å². The summed E-state index contributed by atoms with van der Waals surface area (Å²) in [5.74, 6) is 0.456. The van der Waals surface area contributed by atoms with E-state index in [0.717, 1.165) is 37.1 Å². The van der Waals surface area contributed by atoms with Crippen molar-refractivity contribution in [3.63, 3.8) is 0 Å². The Hall–Kier alpha value is -0.0900. The molecule has 0 aliphatic carbocycles. The Labute approximate surface area is 166 Å². The van der Waals surface area contributed by atoms with Crippen LogP contribution in [0.2, 0.25) is 0 Å². The Morgan fingerprint density at radius 1 is 1.12 bits per heavy atom. The van der Waals surface area contributed by atoms with Gasteiger partial charge in [0.15, 0.2) is 6.29 Å². The molecule has 4 unspecified atom stereocenters. The van der Waals surface area contributed by atoms with Gasteiger partial charge in [0, 0.05) is 11.0 Å². The lowest BCUT2D eigenvalue weighted by atomic mass is 9.74. The van der Waals surface area contributed by atoms with Crippen molar-refractivity contribution in [1.82, 2.24) is 0 Å². The topological polar surface area (TPSA) is 53.0 Å². The average molecular weight is 389 g/mol. The highest BCUT2D eigenvalue weighted by atomic mass is 35.5. The van der Waals surface area contributed by atoms with Gasteiger partial charge in [-0.15, -0.1) is 0 Å². The molecule has 1 aliphatic rings. The highest BCUT2D eigenvalue weighted by molar-refractivity contribution is 6.29. The quantitative estimate of drug-likeness (QED) is 0.266. The molecule has 4 heteroatoms. The number of hydrogen-bond acceptors (Lipinski definition) is 3. The number of unbranched alkanes of at least 4 members (excludes halogenated alkanes) is 3. The van der Waals surface area contributed by atoms with Crippen molar-refractivity contribution in [3.05, 3.63) is 11.1 Å². The molecule has 2 N–H and O–H groups in total. The van der Waals surface area contributed by atoms with Gasteiger partial charge in [0.1, 0.15) is 6.10 Å². The van der Waals surface area contributed by atoms with E-state index in [9.17, 15) is 10.2 Å². The molecule has 0 bridgehead atoms. The summed E-state index contributed by atoms with van der Waals surface area (Å²) in [6.07, 6.45) is 13.0. The van der Waals surface area contributed by atoms with Gasteiger partial charge in [0.25, 0.3) is 0 Å². The van der Waals surface area contributed by atoms with E-state index in [1.165, 1.54) is 32.1 Å². The lowest BCUT2D eigenvalue weighted by Crippen LogP contribution is -2.28. The van der Waals surface area contributed by atoms with Gasteiger partial charge in [-0.05, 0) is 37.0 Å². The van der Waals surface area contributed by atoms with Gasteiger partial charge in [-0.3, -0.25) is 0 Å². The first-order valence-electron chi connectivity index (χ1n) is 10.7. The van der Waals surface area contributed by atoms with Crippen LogP contribution < -0.4 is 0 Å². The summed E-state index contributed by atoms with van der Waals surface area (Å²) in [7, 11) is 0. The van der Waals surface area contributed by atoms with Crippen molar-refractivity contribution >= 4 is 11.6 Å². The molecule has 1 fully saturated rings. The van der Waals surface area contributed by atoms with Crippen molar-refractivity contribution in [2.75, 3.05) is 6.61 Å². The van der Waals surface area contributed by atoms with Gasteiger partial charge in [-0.2, -0.15) is 0 Å². The summed E-state index contributed by atoms with van der Waals surface area (Å²) >= 11 is 6.73. The monoisotopic (exact) mass is 388 g/mol. The molecule has 0 spiro atoms. The zero-order valence-electron chi connectivity index (χ0n) is 17.3. The molecule has 1 aliphatic heterocycles. The molecule has 26 heavy (non-hydrogen) atoms.